The first-order valence-electron chi connectivity index (χ1n) is 8.72. The molecule has 0 unspecified atom stereocenters. The number of nitrogens with one attached hydrogen (secondary N) is 1. The van der Waals surface area contributed by atoms with Crippen molar-refractivity contribution in [1.82, 2.24) is 10.2 Å². The standard InChI is InChI=1S/C19H26N2O5/c1-19(2,3)26-18(25)20-14(12-13-8-5-4-6-9-13)16(22)21-11-7-10-15(21)17(23)24/h4-6,8-9,14-15H,7,10-12H2,1-3H3,(H,20,25)(H,23,24)/p-1/t14-,15+/m0/s1. The summed E-state index contributed by atoms with van der Waals surface area (Å²) in [4.78, 5) is 37.7. The van der Waals surface area contributed by atoms with Gasteiger partial charge < -0.3 is 24.9 Å². The van der Waals surface area contributed by atoms with Crippen molar-refractivity contribution in [3.8, 4) is 0 Å². The molecule has 2 rings (SSSR count). The monoisotopic (exact) mass is 361 g/mol. The lowest BCUT2D eigenvalue weighted by atomic mass is 10.0. The highest BCUT2D eigenvalue weighted by atomic mass is 16.6. The van der Waals surface area contributed by atoms with Gasteiger partial charge in [-0.2, -0.15) is 0 Å². The van der Waals surface area contributed by atoms with Crippen LogP contribution in [0, 0.1) is 0 Å². The number of rotatable bonds is 5. The number of hydrogen-bond acceptors (Lipinski definition) is 5. The molecule has 1 fully saturated rings. The number of ether oxygens (including phenoxy) is 1. The van der Waals surface area contributed by atoms with E-state index in [-0.39, 0.29) is 6.42 Å². The lowest BCUT2D eigenvalue weighted by Crippen LogP contribution is -2.55. The minimum atomic E-state index is -1.27. The number of carboxylic acid groups (broad SMARTS) is 1. The third kappa shape index (κ3) is 5.47. The fourth-order valence-electron chi connectivity index (χ4n) is 2.98. The van der Waals surface area contributed by atoms with E-state index in [4.69, 9.17) is 4.74 Å². The van der Waals surface area contributed by atoms with Crippen LogP contribution >= 0.6 is 0 Å². The molecule has 1 aromatic carbocycles. The Labute approximate surface area is 153 Å². The number of carbonyl (C=O) groups excluding carboxylic acids is 3. The first-order chi connectivity index (χ1) is 12.2. The van der Waals surface area contributed by atoms with E-state index in [0.29, 0.717) is 19.4 Å². The van der Waals surface area contributed by atoms with Gasteiger partial charge >= 0.3 is 6.09 Å². The van der Waals surface area contributed by atoms with Crippen LogP contribution < -0.4 is 10.4 Å². The highest BCUT2D eigenvalue weighted by Crippen LogP contribution is 2.19. The third-order valence-corrected chi connectivity index (χ3v) is 4.08. The van der Waals surface area contributed by atoms with Gasteiger partial charge in [0.25, 0.3) is 0 Å². The van der Waals surface area contributed by atoms with Crippen LogP contribution in [0.3, 0.4) is 0 Å². The molecule has 0 saturated carbocycles. The van der Waals surface area contributed by atoms with E-state index in [1.165, 1.54) is 4.90 Å². The molecule has 1 N–H and O–H groups in total. The topological polar surface area (TPSA) is 98.8 Å². The number of aliphatic carboxylic acids is 1. The molecule has 7 heteroatoms. The lowest BCUT2D eigenvalue weighted by Gasteiger charge is -2.30. The Balaban J connectivity index is 2.17. The van der Waals surface area contributed by atoms with Gasteiger partial charge in [-0.25, -0.2) is 4.79 Å². The fraction of sp³-hybridized carbons (Fsp3) is 0.526. The molecular formula is C19H25N2O5-. The molecule has 2 amide bonds. The maximum absolute atomic E-state index is 12.9. The van der Waals surface area contributed by atoms with Gasteiger partial charge in [0, 0.05) is 13.0 Å². The maximum Gasteiger partial charge on any atom is 0.408 e. The van der Waals surface area contributed by atoms with Gasteiger partial charge in [-0.05, 0) is 39.2 Å². The summed E-state index contributed by atoms with van der Waals surface area (Å²) in [6.07, 6.45) is 0.485. The van der Waals surface area contributed by atoms with Gasteiger partial charge in [0.2, 0.25) is 5.91 Å². The van der Waals surface area contributed by atoms with Crippen LogP contribution in [0.5, 0.6) is 0 Å². The Bertz CT molecular complexity index is 654. The van der Waals surface area contributed by atoms with E-state index in [1.54, 1.807) is 20.8 Å². The van der Waals surface area contributed by atoms with Crippen LogP contribution in [0.1, 0.15) is 39.2 Å². The summed E-state index contributed by atoms with van der Waals surface area (Å²) in [5.41, 5.74) is 0.150. The Morgan fingerprint density at radius 3 is 2.50 bits per heavy atom. The molecule has 1 aliphatic heterocycles. The molecule has 142 valence electrons. The van der Waals surface area contributed by atoms with Crippen LogP contribution in [0.25, 0.3) is 0 Å². The van der Waals surface area contributed by atoms with E-state index >= 15 is 0 Å². The highest BCUT2D eigenvalue weighted by Gasteiger charge is 2.35. The second-order valence-electron chi connectivity index (χ2n) is 7.40. The van der Waals surface area contributed by atoms with E-state index in [0.717, 1.165) is 5.56 Å². The molecule has 0 aromatic heterocycles. The summed E-state index contributed by atoms with van der Waals surface area (Å²) < 4.78 is 5.24. The average Bonchev–Trinajstić information content (AvgIpc) is 3.02. The van der Waals surface area contributed by atoms with Crippen molar-refractivity contribution in [1.29, 1.82) is 0 Å². The minimum Gasteiger partial charge on any atom is -0.548 e. The molecule has 1 aliphatic rings. The Morgan fingerprint density at radius 1 is 1.27 bits per heavy atom. The first kappa shape index (κ1) is 19.8. The van der Waals surface area contributed by atoms with Crippen LogP contribution in [0.2, 0.25) is 0 Å². The number of alkyl carbamates (subject to hydrolysis) is 1. The number of carbonyl (C=O) groups is 3. The molecule has 1 saturated heterocycles. The molecule has 0 spiro atoms. The molecule has 0 aliphatic carbocycles. The van der Waals surface area contributed by atoms with Crippen molar-refractivity contribution in [3.05, 3.63) is 35.9 Å². The number of hydrogen-bond donors (Lipinski definition) is 1. The van der Waals surface area contributed by atoms with Gasteiger partial charge in [0.15, 0.2) is 0 Å². The molecule has 0 bridgehead atoms. The predicted octanol–water partition coefficient (Wildman–Crippen LogP) is 0.863. The quantitative estimate of drug-likeness (QED) is 0.839. The molecule has 7 nitrogen and oxygen atoms in total. The molecular weight excluding hydrogens is 336 g/mol. The van der Waals surface area contributed by atoms with Gasteiger partial charge in [-0.15, -0.1) is 0 Å². The molecule has 1 aromatic rings. The molecule has 2 atom stereocenters. The fourth-order valence-corrected chi connectivity index (χ4v) is 2.98. The third-order valence-electron chi connectivity index (χ3n) is 4.08. The summed E-state index contributed by atoms with van der Waals surface area (Å²) in [6.45, 7) is 5.52. The number of benzene rings is 1. The zero-order valence-electron chi connectivity index (χ0n) is 15.4. The van der Waals surface area contributed by atoms with E-state index < -0.39 is 35.7 Å². The van der Waals surface area contributed by atoms with Gasteiger partial charge in [0.1, 0.15) is 11.6 Å². The van der Waals surface area contributed by atoms with E-state index in [2.05, 4.69) is 5.32 Å². The van der Waals surface area contributed by atoms with Crippen molar-refractivity contribution in [2.24, 2.45) is 0 Å². The molecule has 1 heterocycles. The van der Waals surface area contributed by atoms with Crippen LogP contribution in [0.4, 0.5) is 4.79 Å². The second kappa shape index (κ2) is 8.21. The SMILES string of the molecule is CC(C)(C)OC(=O)N[C@@H](Cc1ccccc1)C(=O)N1CCC[C@@H]1C(=O)[O-]. The normalized spacial score (nSPS) is 18.3. The average molecular weight is 361 g/mol. The Morgan fingerprint density at radius 2 is 1.92 bits per heavy atom. The summed E-state index contributed by atoms with van der Waals surface area (Å²) >= 11 is 0. The van der Waals surface area contributed by atoms with Crippen molar-refractivity contribution in [2.75, 3.05) is 6.54 Å². The second-order valence-corrected chi connectivity index (χ2v) is 7.40. The number of carboxylic acids is 1. The Hall–Kier alpha value is -2.57. The van der Waals surface area contributed by atoms with E-state index in [9.17, 15) is 19.5 Å². The zero-order valence-corrected chi connectivity index (χ0v) is 15.4. The van der Waals surface area contributed by atoms with Crippen LogP contribution in [-0.4, -0.2) is 47.1 Å². The molecule has 26 heavy (non-hydrogen) atoms. The lowest BCUT2D eigenvalue weighted by molar-refractivity contribution is -0.310. The summed E-state index contributed by atoms with van der Waals surface area (Å²) in [7, 11) is 0. The molecule has 0 radical (unpaired) electrons. The Kier molecular flexibility index (Phi) is 6.23. The van der Waals surface area contributed by atoms with Crippen molar-refractivity contribution < 1.29 is 24.2 Å². The number of nitrogens with zero attached hydrogens (tertiary/aromatic N) is 1. The zero-order chi connectivity index (χ0) is 19.3. The number of amides is 2. The summed E-state index contributed by atoms with van der Waals surface area (Å²) in [6, 6.07) is 7.35. The maximum atomic E-state index is 12.9. The van der Waals surface area contributed by atoms with E-state index in [1.807, 2.05) is 30.3 Å². The minimum absolute atomic E-state index is 0.245. The largest absolute Gasteiger partial charge is 0.548 e. The van der Waals surface area contributed by atoms with Crippen LogP contribution in [0.15, 0.2) is 30.3 Å². The van der Waals surface area contributed by atoms with Crippen LogP contribution in [-0.2, 0) is 20.7 Å². The highest BCUT2D eigenvalue weighted by molar-refractivity contribution is 5.89. The summed E-state index contributed by atoms with van der Waals surface area (Å²) in [5, 5.41) is 13.9. The summed E-state index contributed by atoms with van der Waals surface area (Å²) in [5.74, 6) is -1.71. The smallest absolute Gasteiger partial charge is 0.408 e. The first-order valence-corrected chi connectivity index (χ1v) is 8.72. The van der Waals surface area contributed by atoms with Crippen molar-refractivity contribution >= 4 is 18.0 Å². The van der Waals surface area contributed by atoms with Gasteiger partial charge in [-0.3, -0.25) is 4.79 Å². The number of likely N-dealkylation sites (tertiary alicyclic amines) is 1. The predicted molar refractivity (Wildman–Crippen MR) is 93.0 cm³/mol. The van der Waals surface area contributed by atoms with Gasteiger partial charge in [-0.1, -0.05) is 30.3 Å². The van der Waals surface area contributed by atoms with Crippen molar-refractivity contribution in [3.63, 3.8) is 0 Å². The van der Waals surface area contributed by atoms with Crippen molar-refractivity contribution in [2.45, 2.75) is 57.7 Å². The van der Waals surface area contributed by atoms with Gasteiger partial charge in [0.05, 0.1) is 12.0 Å².